The number of thioether (sulfide) groups is 1. The summed E-state index contributed by atoms with van der Waals surface area (Å²) in [6.07, 6.45) is 1.76. The number of benzene rings is 5. The first-order valence-corrected chi connectivity index (χ1v) is 13.8. The minimum Gasteiger partial charge on any atom is -0.488 e. The Labute approximate surface area is 233 Å². The predicted molar refractivity (Wildman–Crippen MR) is 158 cm³/mol. The van der Waals surface area contributed by atoms with Crippen LogP contribution in [0.4, 0.5) is 4.79 Å². The largest absolute Gasteiger partial charge is 0.488 e. The van der Waals surface area contributed by atoms with Crippen molar-refractivity contribution in [2.45, 2.75) is 13.2 Å². The molecule has 2 amide bonds. The number of hydrogen-bond donors (Lipinski definition) is 0. The van der Waals surface area contributed by atoms with Crippen LogP contribution in [0.2, 0.25) is 0 Å². The van der Waals surface area contributed by atoms with Crippen molar-refractivity contribution in [1.82, 2.24) is 4.90 Å². The first-order valence-electron chi connectivity index (χ1n) is 12.2. The van der Waals surface area contributed by atoms with Crippen LogP contribution in [-0.4, -0.2) is 16.0 Å². The van der Waals surface area contributed by atoms with Gasteiger partial charge in [0.05, 0.1) is 15.9 Å². The lowest BCUT2D eigenvalue weighted by molar-refractivity contribution is -0.123. The van der Waals surface area contributed by atoms with Crippen molar-refractivity contribution in [3.05, 3.63) is 129 Å². The Bertz CT molecular complexity index is 1740. The third-order valence-electron chi connectivity index (χ3n) is 6.54. The minimum atomic E-state index is -0.277. The molecule has 0 saturated carbocycles. The SMILES string of the molecule is O=C1S/C(=C/c2ccc(OCc3ccc4ccccc4c3)c(Br)c2)C(=O)N1Cc1cccc2ccccc12. The summed E-state index contributed by atoms with van der Waals surface area (Å²) in [5, 5.41) is 4.24. The van der Waals surface area contributed by atoms with Crippen molar-refractivity contribution in [3.63, 3.8) is 0 Å². The Hall–Kier alpha value is -3.87. The number of nitrogens with zero attached hydrogens (tertiary/aromatic N) is 1. The van der Waals surface area contributed by atoms with Crippen LogP contribution in [0.25, 0.3) is 27.6 Å². The average molecular weight is 581 g/mol. The Morgan fingerprint density at radius 3 is 2.39 bits per heavy atom. The first kappa shape index (κ1) is 24.5. The molecule has 6 heteroatoms. The summed E-state index contributed by atoms with van der Waals surface area (Å²) in [4.78, 5) is 27.6. The van der Waals surface area contributed by atoms with Crippen molar-refractivity contribution in [3.8, 4) is 5.75 Å². The summed E-state index contributed by atoms with van der Waals surface area (Å²) >= 11 is 4.56. The second-order valence-corrected chi connectivity index (χ2v) is 10.9. The maximum atomic E-state index is 13.1. The Kier molecular flexibility index (Phi) is 6.75. The van der Waals surface area contributed by atoms with Gasteiger partial charge in [-0.3, -0.25) is 14.5 Å². The number of hydrogen-bond acceptors (Lipinski definition) is 4. The van der Waals surface area contributed by atoms with Crippen LogP contribution in [0.1, 0.15) is 16.7 Å². The van der Waals surface area contributed by atoms with E-state index in [9.17, 15) is 9.59 Å². The van der Waals surface area contributed by atoms with Gasteiger partial charge in [0, 0.05) is 0 Å². The van der Waals surface area contributed by atoms with Gasteiger partial charge in [-0.15, -0.1) is 0 Å². The van der Waals surface area contributed by atoms with E-state index in [1.165, 1.54) is 15.7 Å². The molecule has 6 rings (SSSR count). The normalized spacial score (nSPS) is 14.7. The number of carbonyl (C=O) groups excluding carboxylic acids is 2. The van der Waals surface area contributed by atoms with Crippen LogP contribution < -0.4 is 4.74 Å². The van der Waals surface area contributed by atoms with E-state index >= 15 is 0 Å². The third-order valence-corrected chi connectivity index (χ3v) is 8.07. The van der Waals surface area contributed by atoms with Gasteiger partial charge in [-0.25, -0.2) is 0 Å². The Balaban J connectivity index is 1.16. The Morgan fingerprint density at radius 1 is 0.789 bits per heavy atom. The number of halogens is 1. The standard InChI is InChI=1S/C32H22BrNO3S/c33-28-17-21(13-15-29(28)37-20-22-12-14-23-6-1-2-8-25(23)16-22)18-30-31(35)34(32(36)38-30)19-26-10-5-9-24-7-3-4-11-27(24)26/h1-18H,19-20H2/b30-18+. The summed E-state index contributed by atoms with van der Waals surface area (Å²) in [6.45, 7) is 0.685. The van der Waals surface area contributed by atoms with E-state index in [1.807, 2.05) is 72.8 Å². The first-order chi connectivity index (χ1) is 18.5. The molecular formula is C32H22BrNO3S. The molecule has 0 atom stereocenters. The molecule has 1 fully saturated rings. The van der Waals surface area contributed by atoms with E-state index in [2.05, 4.69) is 46.3 Å². The lowest BCUT2D eigenvalue weighted by Gasteiger charge is -2.14. The second kappa shape index (κ2) is 10.5. The van der Waals surface area contributed by atoms with Gasteiger partial charge in [0.15, 0.2) is 0 Å². The summed E-state index contributed by atoms with van der Waals surface area (Å²) < 4.78 is 6.83. The van der Waals surface area contributed by atoms with Gasteiger partial charge in [0.2, 0.25) is 0 Å². The minimum absolute atomic E-state index is 0.245. The molecule has 0 N–H and O–H groups in total. The topological polar surface area (TPSA) is 46.6 Å². The van der Waals surface area contributed by atoms with Crippen molar-refractivity contribution in [2.24, 2.45) is 0 Å². The molecule has 4 nitrogen and oxygen atoms in total. The molecule has 1 heterocycles. The number of ether oxygens (including phenoxy) is 1. The van der Waals surface area contributed by atoms with Gasteiger partial charge < -0.3 is 4.74 Å². The van der Waals surface area contributed by atoms with Crippen molar-refractivity contribution < 1.29 is 14.3 Å². The van der Waals surface area contributed by atoms with E-state index in [4.69, 9.17) is 4.74 Å². The molecule has 0 spiro atoms. The van der Waals surface area contributed by atoms with Gasteiger partial charge in [0.25, 0.3) is 11.1 Å². The third kappa shape index (κ3) is 4.97. The number of imide groups is 1. The molecule has 0 bridgehead atoms. The maximum absolute atomic E-state index is 13.1. The summed E-state index contributed by atoms with van der Waals surface area (Å²) in [7, 11) is 0. The van der Waals surface area contributed by atoms with E-state index < -0.39 is 0 Å². The summed E-state index contributed by atoms with van der Waals surface area (Å²) in [6, 6.07) is 34.1. The quantitative estimate of drug-likeness (QED) is 0.189. The van der Waals surface area contributed by atoms with Crippen LogP contribution in [0.3, 0.4) is 0 Å². The van der Waals surface area contributed by atoms with Gasteiger partial charge in [0.1, 0.15) is 12.4 Å². The molecule has 0 aromatic heterocycles. The molecule has 1 aliphatic heterocycles. The molecule has 0 unspecified atom stereocenters. The van der Waals surface area contributed by atoms with Crippen molar-refractivity contribution in [2.75, 3.05) is 0 Å². The monoisotopic (exact) mass is 579 g/mol. The fourth-order valence-electron chi connectivity index (χ4n) is 4.60. The highest BCUT2D eigenvalue weighted by molar-refractivity contribution is 9.10. The highest BCUT2D eigenvalue weighted by Crippen LogP contribution is 2.35. The number of rotatable bonds is 6. The Morgan fingerprint density at radius 2 is 1.55 bits per heavy atom. The molecule has 0 aliphatic carbocycles. The van der Waals surface area contributed by atoms with Gasteiger partial charge in [-0.05, 0) is 90.2 Å². The van der Waals surface area contributed by atoms with E-state index in [1.54, 1.807) is 6.08 Å². The van der Waals surface area contributed by atoms with Crippen LogP contribution in [0.15, 0.2) is 113 Å². The molecule has 38 heavy (non-hydrogen) atoms. The molecular weight excluding hydrogens is 558 g/mol. The van der Waals surface area contributed by atoms with Crippen LogP contribution >= 0.6 is 27.7 Å². The lowest BCUT2D eigenvalue weighted by Crippen LogP contribution is -2.27. The molecule has 0 radical (unpaired) electrons. The summed E-state index contributed by atoms with van der Waals surface area (Å²) in [5.41, 5.74) is 2.84. The van der Waals surface area contributed by atoms with E-state index in [0.29, 0.717) is 17.3 Å². The zero-order chi connectivity index (χ0) is 26.1. The van der Waals surface area contributed by atoms with E-state index in [-0.39, 0.29) is 17.7 Å². The number of amides is 2. The molecule has 1 aliphatic rings. The van der Waals surface area contributed by atoms with Crippen molar-refractivity contribution in [1.29, 1.82) is 0 Å². The second-order valence-electron chi connectivity index (χ2n) is 9.07. The van der Waals surface area contributed by atoms with Crippen molar-refractivity contribution >= 4 is 66.5 Å². The maximum Gasteiger partial charge on any atom is 0.293 e. The van der Waals surface area contributed by atoms with Gasteiger partial charge in [-0.1, -0.05) is 84.9 Å². The van der Waals surface area contributed by atoms with Gasteiger partial charge >= 0.3 is 0 Å². The average Bonchev–Trinajstić information content (AvgIpc) is 3.20. The van der Waals surface area contributed by atoms with Gasteiger partial charge in [-0.2, -0.15) is 0 Å². The molecule has 5 aromatic carbocycles. The molecule has 186 valence electrons. The fraction of sp³-hybridized carbons (Fsp3) is 0.0625. The fourth-order valence-corrected chi connectivity index (χ4v) is 5.95. The van der Waals surface area contributed by atoms with Crippen LogP contribution in [-0.2, 0) is 17.9 Å². The number of carbonyl (C=O) groups is 2. The van der Waals surface area contributed by atoms with E-state index in [0.717, 1.165) is 43.7 Å². The highest BCUT2D eigenvalue weighted by Gasteiger charge is 2.35. The predicted octanol–water partition coefficient (Wildman–Crippen LogP) is 8.57. The zero-order valence-electron chi connectivity index (χ0n) is 20.3. The molecule has 5 aromatic rings. The van der Waals surface area contributed by atoms with Crippen LogP contribution in [0.5, 0.6) is 5.75 Å². The number of fused-ring (bicyclic) bond motifs is 2. The lowest BCUT2D eigenvalue weighted by atomic mass is 10.0. The smallest absolute Gasteiger partial charge is 0.293 e. The zero-order valence-corrected chi connectivity index (χ0v) is 22.7. The highest BCUT2D eigenvalue weighted by atomic mass is 79.9. The van der Waals surface area contributed by atoms with Crippen LogP contribution in [0, 0.1) is 0 Å². The molecule has 1 saturated heterocycles. The summed E-state index contributed by atoms with van der Waals surface area (Å²) in [5.74, 6) is 0.431.